The lowest BCUT2D eigenvalue weighted by Crippen LogP contribution is -2.37. The van der Waals surface area contributed by atoms with Crippen molar-refractivity contribution in [1.82, 2.24) is 5.32 Å². The second-order valence-electron chi connectivity index (χ2n) is 6.45. The number of rotatable bonds is 6. The van der Waals surface area contributed by atoms with E-state index >= 15 is 0 Å². The van der Waals surface area contributed by atoms with Gasteiger partial charge in [-0.3, -0.25) is 0 Å². The minimum atomic E-state index is -0.155. The molecule has 0 saturated carbocycles. The Kier molecular flexibility index (Phi) is 6.00. The Balaban J connectivity index is 1.98. The highest BCUT2D eigenvalue weighted by molar-refractivity contribution is 5.49. The standard InChI is InChI=1S/C17H27FN2O/c1-13(2)9-19-10-14-5-6-17(16(18)8-14)20-7-3-4-15(11-20)12-21/h5-6,8,13,15,19,21H,3-4,7,9-12H2,1-2H3. The molecule has 0 aliphatic carbocycles. The van der Waals surface area contributed by atoms with Crippen LogP contribution in [0.2, 0.25) is 0 Å². The number of anilines is 1. The smallest absolute Gasteiger partial charge is 0.146 e. The van der Waals surface area contributed by atoms with Crippen LogP contribution in [0.4, 0.5) is 10.1 Å². The summed E-state index contributed by atoms with van der Waals surface area (Å²) in [6.45, 7) is 7.77. The van der Waals surface area contributed by atoms with Crippen molar-refractivity contribution in [1.29, 1.82) is 0 Å². The van der Waals surface area contributed by atoms with E-state index < -0.39 is 0 Å². The van der Waals surface area contributed by atoms with Crippen LogP contribution < -0.4 is 10.2 Å². The van der Waals surface area contributed by atoms with Gasteiger partial charge >= 0.3 is 0 Å². The van der Waals surface area contributed by atoms with E-state index in [-0.39, 0.29) is 18.3 Å². The molecule has 0 amide bonds. The monoisotopic (exact) mass is 294 g/mol. The molecule has 1 aliphatic rings. The summed E-state index contributed by atoms with van der Waals surface area (Å²) >= 11 is 0. The van der Waals surface area contributed by atoms with Crippen LogP contribution in [0.25, 0.3) is 0 Å². The highest BCUT2D eigenvalue weighted by atomic mass is 19.1. The van der Waals surface area contributed by atoms with Crippen LogP contribution in [-0.2, 0) is 6.54 Å². The van der Waals surface area contributed by atoms with Crippen LogP contribution in [0.5, 0.6) is 0 Å². The largest absolute Gasteiger partial charge is 0.396 e. The third-order valence-electron chi connectivity index (χ3n) is 4.01. The molecule has 0 aromatic heterocycles. The first-order chi connectivity index (χ1) is 10.1. The topological polar surface area (TPSA) is 35.5 Å². The summed E-state index contributed by atoms with van der Waals surface area (Å²) in [6, 6.07) is 5.50. The van der Waals surface area contributed by atoms with Crippen molar-refractivity contribution in [3.8, 4) is 0 Å². The number of nitrogens with one attached hydrogen (secondary N) is 1. The van der Waals surface area contributed by atoms with Crippen molar-refractivity contribution < 1.29 is 9.50 Å². The fourth-order valence-electron chi connectivity index (χ4n) is 2.85. The van der Waals surface area contributed by atoms with Gasteiger partial charge in [-0.15, -0.1) is 0 Å². The number of hydrogen-bond donors (Lipinski definition) is 2. The van der Waals surface area contributed by atoms with Gasteiger partial charge in [0, 0.05) is 26.2 Å². The van der Waals surface area contributed by atoms with Crippen LogP contribution >= 0.6 is 0 Å². The first kappa shape index (κ1) is 16.2. The number of aliphatic hydroxyl groups excluding tert-OH is 1. The summed E-state index contributed by atoms with van der Waals surface area (Å²) in [5, 5.41) is 12.6. The lowest BCUT2D eigenvalue weighted by atomic mass is 9.98. The summed E-state index contributed by atoms with van der Waals surface area (Å²) in [7, 11) is 0. The second-order valence-corrected chi connectivity index (χ2v) is 6.45. The van der Waals surface area contributed by atoms with E-state index in [1.165, 1.54) is 0 Å². The number of piperidine rings is 1. The van der Waals surface area contributed by atoms with Crippen molar-refractivity contribution in [2.24, 2.45) is 11.8 Å². The number of benzene rings is 1. The predicted molar refractivity (Wildman–Crippen MR) is 85.0 cm³/mol. The molecule has 1 fully saturated rings. The summed E-state index contributed by atoms with van der Waals surface area (Å²) in [5.41, 5.74) is 1.65. The molecule has 0 bridgehead atoms. The first-order valence-electron chi connectivity index (χ1n) is 7.95. The average molecular weight is 294 g/mol. The van der Waals surface area contributed by atoms with Gasteiger partial charge in [-0.1, -0.05) is 19.9 Å². The van der Waals surface area contributed by atoms with Gasteiger partial charge in [-0.2, -0.15) is 0 Å². The Morgan fingerprint density at radius 1 is 1.43 bits per heavy atom. The van der Waals surface area contributed by atoms with Gasteiger partial charge < -0.3 is 15.3 Å². The van der Waals surface area contributed by atoms with E-state index in [9.17, 15) is 9.50 Å². The summed E-state index contributed by atoms with van der Waals surface area (Å²) < 4.78 is 14.3. The van der Waals surface area contributed by atoms with Gasteiger partial charge in [0.1, 0.15) is 5.82 Å². The summed E-state index contributed by atoms with van der Waals surface area (Å²) in [6.07, 6.45) is 2.05. The molecular formula is C17H27FN2O. The van der Waals surface area contributed by atoms with Crippen LogP contribution in [0.15, 0.2) is 18.2 Å². The molecule has 2 rings (SSSR count). The van der Waals surface area contributed by atoms with E-state index in [0.29, 0.717) is 18.2 Å². The Morgan fingerprint density at radius 2 is 2.24 bits per heavy atom. The molecule has 1 atom stereocenters. The van der Waals surface area contributed by atoms with Gasteiger partial charge in [0.05, 0.1) is 5.69 Å². The Labute approximate surface area is 127 Å². The minimum absolute atomic E-state index is 0.155. The highest BCUT2D eigenvalue weighted by Crippen LogP contribution is 2.26. The number of halogens is 1. The highest BCUT2D eigenvalue weighted by Gasteiger charge is 2.21. The van der Waals surface area contributed by atoms with Crippen LogP contribution in [0.1, 0.15) is 32.3 Å². The molecule has 1 unspecified atom stereocenters. The molecule has 118 valence electrons. The van der Waals surface area contributed by atoms with Crippen molar-refractivity contribution in [2.45, 2.75) is 33.2 Å². The van der Waals surface area contributed by atoms with Gasteiger partial charge in [0.2, 0.25) is 0 Å². The van der Waals surface area contributed by atoms with Gasteiger partial charge in [-0.25, -0.2) is 4.39 Å². The number of hydrogen-bond acceptors (Lipinski definition) is 3. The Hall–Kier alpha value is -1.13. The van der Waals surface area contributed by atoms with Crippen molar-refractivity contribution in [3.63, 3.8) is 0 Å². The second kappa shape index (κ2) is 7.76. The van der Waals surface area contributed by atoms with Crippen molar-refractivity contribution in [2.75, 3.05) is 31.1 Å². The van der Waals surface area contributed by atoms with Crippen LogP contribution in [0.3, 0.4) is 0 Å². The maximum Gasteiger partial charge on any atom is 0.146 e. The first-order valence-corrected chi connectivity index (χ1v) is 7.95. The van der Waals surface area contributed by atoms with Crippen LogP contribution in [-0.4, -0.2) is 31.3 Å². The zero-order valence-corrected chi connectivity index (χ0v) is 13.1. The average Bonchev–Trinajstić information content (AvgIpc) is 2.47. The van der Waals surface area contributed by atoms with E-state index in [0.717, 1.165) is 38.0 Å². The Bertz CT molecular complexity index is 450. The molecule has 1 heterocycles. The molecule has 2 N–H and O–H groups in total. The number of aliphatic hydroxyl groups is 1. The number of nitrogens with zero attached hydrogens (tertiary/aromatic N) is 1. The van der Waals surface area contributed by atoms with Crippen molar-refractivity contribution >= 4 is 5.69 Å². The third kappa shape index (κ3) is 4.68. The molecule has 4 heteroatoms. The molecule has 21 heavy (non-hydrogen) atoms. The molecular weight excluding hydrogens is 267 g/mol. The van der Waals surface area contributed by atoms with E-state index in [1.807, 2.05) is 12.1 Å². The van der Waals surface area contributed by atoms with E-state index in [1.54, 1.807) is 6.07 Å². The van der Waals surface area contributed by atoms with Crippen molar-refractivity contribution in [3.05, 3.63) is 29.6 Å². The molecule has 1 aromatic rings. The molecule has 1 saturated heterocycles. The zero-order valence-electron chi connectivity index (χ0n) is 13.1. The normalized spacial score (nSPS) is 19.3. The van der Waals surface area contributed by atoms with Gasteiger partial charge in [0.25, 0.3) is 0 Å². The van der Waals surface area contributed by atoms with Crippen LogP contribution in [0, 0.1) is 17.7 Å². The SMILES string of the molecule is CC(C)CNCc1ccc(N2CCCC(CO)C2)c(F)c1. The Morgan fingerprint density at radius 3 is 2.90 bits per heavy atom. The summed E-state index contributed by atoms with van der Waals surface area (Å²) in [4.78, 5) is 2.06. The maximum absolute atomic E-state index is 14.3. The van der Waals surface area contributed by atoms with E-state index in [4.69, 9.17) is 0 Å². The predicted octanol–water partition coefficient (Wildman–Crippen LogP) is 2.78. The third-order valence-corrected chi connectivity index (χ3v) is 4.01. The molecule has 3 nitrogen and oxygen atoms in total. The quantitative estimate of drug-likeness (QED) is 0.847. The fourth-order valence-corrected chi connectivity index (χ4v) is 2.85. The summed E-state index contributed by atoms with van der Waals surface area (Å²) in [5.74, 6) is 0.709. The maximum atomic E-state index is 14.3. The molecule has 0 spiro atoms. The van der Waals surface area contributed by atoms with E-state index in [2.05, 4.69) is 24.1 Å². The minimum Gasteiger partial charge on any atom is -0.396 e. The fraction of sp³-hybridized carbons (Fsp3) is 0.647. The molecule has 1 aromatic carbocycles. The lowest BCUT2D eigenvalue weighted by Gasteiger charge is -2.33. The molecule has 1 aliphatic heterocycles. The zero-order chi connectivity index (χ0) is 15.2. The van der Waals surface area contributed by atoms with Gasteiger partial charge in [-0.05, 0) is 48.9 Å². The molecule has 0 radical (unpaired) electrons. The lowest BCUT2D eigenvalue weighted by molar-refractivity contribution is 0.208. The van der Waals surface area contributed by atoms with Gasteiger partial charge in [0.15, 0.2) is 0 Å².